The van der Waals surface area contributed by atoms with E-state index in [9.17, 15) is 10.6 Å². The van der Waals surface area contributed by atoms with Gasteiger partial charge in [0.05, 0.1) is 0 Å². The van der Waals surface area contributed by atoms with Gasteiger partial charge in [-0.3, -0.25) is 0 Å². The molecule has 0 N–H and O–H groups in total. The molecule has 0 heterocycles. The topological polar surface area (TPSA) is 0 Å². The fraction of sp³-hybridized carbons (Fsp3) is 0. The largest absolute Gasteiger partial charge is 1.04 e. The van der Waals surface area contributed by atoms with E-state index in [4.69, 9.17) is 0 Å². The zero-order chi connectivity index (χ0) is 3.58. The van der Waals surface area contributed by atoms with Crippen molar-refractivity contribution in [3.63, 3.8) is 0 Å². The maximum absolute atomic E-state index is 9.81. The quantitative estimate of drug-likeness (QED) is 0.534. The van der Waals surface area contributed by atoms with Gasteiger partial charge in [-0.25, -0.2) is 0 Å². The van der Waals surface area contributed by atoms with Gasteiger partial charge in [0.1, 0.15) is 0 Å². The molecule has 0 aliphatic carbocycles. The molecule has 0 aromatic carbocycles. The van der Waals surface area contributed by atoms with Gasteiger partial charge in [0.2, 0.25) is 0 Å². The first-order valence-corrected chi connectivity index (χ1v) is 1.96. The van der Waals surface area contributed by atoms with E-state index in [1.165, 1.54) is 0 Å². The molecule has 0 unspecified atom stereocenters. The summed E-state index contributed by atoms with van der Waals surface area (Å²) in [6.07, 6.45) is 0. The molecule has 27 valence electrons. The van der Waals surface area contributed by atoms with Crippen molar-refractivity contribution in [3.8, 4) is 0 Å². The molecule has 0 saturated carbocycles. The molecule has 0 aromatic heterocycles. The molecule has 1 radical (unpaired) electrons. The Balaban J connectivity index is 0. The summed E-state index contributed by atoms with van der Waals surface area (Å²) in [6.45, 7) is 0. The third-order valence-electron chi connectivity index (χ3n) is 0. The Kier molecular flexibility index (Phi) is 10.7. The molecule has 0 aromatic rings. The fourth-order valence-corrected chi connectivity index (χ4v) is 0. The van der Waals surface area contributed by atoms with Gasteiger partial charge in [-0.2, -0.15) is 0 Å². The Morgan fingerprint density at radius 2 is 1.00 bits per heavy atom. The second-order valence-corrected chi connectivity index (χ2v) is 0.742. The van der Waals surface area contributed by atoms with E-state index in [2.05, 4.69) is 0 Å². The minimum absolute atomic E-state index is 0. The predicted molar refractivity (Wildman–Crippen MR) is 9.08 cm³/mol. The molecule has 0 nitrogen and oxygen atoms in total. The number of halogens is 3. The van der Waals surface area contributed by atoms with Gasteiger partial charge in [0.15, 0.2) is 0 Å². The maximum atomic E-state index is 9.81. The Morgan fingerprint density at radius 1 is 1.00 bits per heavy atom. The van der Waals surface area contributed by atoms with E-state index in [-0.39, 0.29) is 35.6 Å². The van der Waals surface area contributed by atoms with Crippen molar-refractivity contribution in [2.75, 3.05) is 0 Å². The van der Waals surface area contributed by atoms with Crippen LogP contribution in [0.2, 0.25) is 0 Å². The summed E-state index contributed by atoms with van der Waals surface area (Å²) in [4.78, 5) is 0. The molecule has 0 fully saturated rings. The van der Waals surface area contributed by atoms with Crippen LogP contribution in [0.25, 0.3) is 0 Å². The van der Waals surface area contributed by atoms with E-state index in [0.717, 1.165) is 0 Å². The SMILES string of the molecule is [F][Al]([F])[F].[La]. The van der Waals surface area contributed by atoms with E-state index < -0.39 is 15.5 Å². The summed E-state index contributed by atoms with van der Waals surface area (Å²) in [7, 11) is 0. The Hall–Kier alpha value is 1.52. The summed E-state index contributed by atoms with van der Waals surface area (Å²) < 4.78 is 29.4. The third-order valence-corrected chi connectivity index (χ3v) is 0. The summed E-state index contributed by atoms with van der Waals surface area (Å²) in [5.41, 5.74) is 0. The second kappa shape index (κ2) is 5.52. The van der Waals surface area contributed by atoms with Gasteiger partial charge < -0.3 is 10.6 Å². The van der Waals surface area contributed by atoms with E-state index in [1.54, 1.807) is 0 Å². The summed E-state index contributed by atoms with van der Waals surface area (Å²) >= 11 is -4.64. The van der Waals surface area contributed by atoms with Crippen LogP contribution in [0.4, 0.5) is 10.6 Å². The van der Waals surface area contributed by atoms with Gasteiger partial charge in [0, 0.05) is 35.6 Å². The molecule has 0 spiro atoms. The van der Waals surface area contributed by atoms with Crippen molar-refractivity contribution >= 4 is 15.5 Å². The van der Waals surface area contributed by atoms with Gasteiger partial charge >= 0.3 is 15.5 Å². The molecule has 0 amide bonds. The Morgan fingerprint density at radius 3 is 1.00 bits per heavy atom. The first kappa shape index (κ1) is 9.72. The van der Waals surface area contributed by atoms with Crippen LogP contribution in [0, 0.1) is 35.6 Å². The van der Waals surface area contributed by atoms with Crippen LogP contribution in [0.3, 0.4) is 0 Å². The monoisotopic (exact) mass is 223 g/mol. The van der Waals surface area contributed by atoms with Gasteiger partial charge in [0.25, 0.3) is 0 Å². The zero-order valence-corrected chi connectivity index (χ0v) is 7.07. The van der Waals surface area contributed by atoms with Crippen molar-refractivity contribution in [2.45, 2.75) is 0 Å². The van der Waals surface area contributed by atoms with Crippen LogP contribution >= 0.6 is 0 Å². The van der Waals surface area contributed by atoms with Crippen LogP contribution in [0.15, 0.2) is 0 Å². The maximum Gasteiger partial charge on any atom is 1.04 e. The summed E-state index contributed by atoms with van der Waals surface area (Å²) in [6, 6.07) is 0. The summed E-state index contributed by atoms with van der Waals surface area (Å²) in [5, 5.41) is 0. The molecule has 0 bridgehead atoms. The molecule has 0 rings (SSSR count). The zero-order valence-electron chi connectivity index (χ0n) is 2.29. The molecule has 0 saturated heterocycles. The van der Waals surface area contributed by atoms with Gasteiger partial charge in [-0.1, -0.05) is 0 Å². The van der Waals surface area contributed by atoms with Gasteiger partial charge in [-0.15, -0.1) is 0 Å². The average Bonchev–Trinajstić information content (AvgIpc) is 0.811. The minimum Gasteiger partial charge on any atom is -0.346 e. The Labute approximate surface area is 61.2 Å². The van der Waals surface area contributed by atoms with Crippen LogP contribution in [-0.2, 0) is 0 Å². The van der Waals surface area contributed by atoms with E-state index in [0.29, 0.717) is 0 Å². The van der Waals surface area contributed by atoms with Crippen molar-refractivity contribution in [3.05, 3.63) is 0 Å². The van der Waals surface area contributed by atoms with Crippen molar-refractivity contribution < 1.29 is 46.2 Å². The smallest absolute Gasteiger partial charge is 0.346 e. The first-order valence-electron chi connectivity index (χ1n) is 0.655. The number of rotatable bonds is 0. The standard InChI is InChI=1S/Al.3FH.La/h;3*1H;/q+3;;;;/p-3. The first-order chi connectivity index (χ1) is 1.73. The molecular weight excluding hydrogens is 223 g/mol. The van der Waals surface area contributed by atoms with Crippen LogP contribution in [-0.4, -0.2) is 15.5 Å². The van der Waals surface area contributed by atoms with Crippen molar-refractivity contribution in [2.24, 2.45) is 0 Å². The average molecular weight is 223 g/mol. The van der Waals surface area contributed by atoms with Crippen molar-refractivity contribution in [1.82, 2.24) is 0 Å². The predicted octanol–water partition coefficient (Wildman–Crippen LogP) is 0.880. The fourth-order valence-electron chi connectivity index (χ4n) is 0. The van der Waals surface area contributed by atoms with Crippen LogP contribution in [0.5, 0.6) is 0 Å². The van der Waals surface area contributed by atoms with Crippen molar-refractivity contribution in [1.29, 1.82) is 0 Å². The van der Waals surface area contributed by atoms with Crippen LogP contribution < -0.4 is 0 Å². The third kappa shape index (κ3) is 29.6. The number of hydrogen-bond acceptors (Lipinski definition) is 0. The second-order valence-electron chi connectivity index (χ2n) is 0.247. The molecule has 0 atom stereocenters. The van der Waals surface area contributed by atoms with Gasteiger partial charge in [-0.05, 0) is 0 Å². The molecule has 5 heavy (non-hydrogen) atoms. The molecule has 0 aliphatic rings. The normalized spacial score (nSPS) is 5.40. The Bertz CT molecular complexity index is 11.6. The number of hydrogen-bond donors (Lipinski definition) is 0. The van der Waals surface area contributed by atoms with E-state index >= 15 is 0 Å². The summed E-state index contributed by atoms with van der Waals surface area (Å²) in [5.74, 6) is 0. The molecule has 0 aliphatic heterocycles. The molecule has 5 heteroatoms. The van der Waals surface area contributed by atoms with E-state index in [1.807, 2.05) is 0 Å². The minimum atomic E-state index is -4.64. The van der Waals surface area contributed by atoms with Crippen LogP contribution in [0.1, 0.15) is 0 Å². The molecular formula is AlF3La.